The zero-order chi connectivity index (χ0) is 14.6. The molecule has 1 fully saturated rings. The van der Waals surface area contributed by atoms with Gasteiger partial charge in [-0.3, -0.25) is 4.79 Å². The molecule has 0 bridgehead atoms. The van der Waals surface area contributed by atoms with E-state index >= 15 is 0 Å². The Labute approximate surface area is 134 Å². The fraction of sp³-hybridized carbons (Fsp3) is 0.588. The van der Waals surface area contributed by atoms with Gasteiger partial charge in [0.1, 0.15) is 0 Å². The van der Waals surface area contributed by atoms with Gasteiger partial charge in [-0.25, -0.2) is 0 Å². The summed E-state index contributed by atoms with van der Waals surface area (Å²) < 4.78 is 0. The minimum absolute atomic E-state index is 0. The fourth-order valence-corrected chi connectivity index (χ4v) is 3.06. The highest BCUT2D eigenvalue weighted by Gasteiger charge is 2.33. The zero-order valence-electron chi connectivity index (χ0n) is 13.0. The Balaban J connectivity index is 0.00000220. The van der Waals surface area contributed by atoms with Crippen molar-refractivity contribution < 1.29 is 4.79 Å². The van der Waals surface area contributed by atoms with Crippen molar-refractivity contribution in [3.63, 3.8) is 0 Å². The largest absolute Gasteiger partial charge is 0.353 e. The molecular formula is C17H27ClN2O. The van der Waals surface area contributed by atoms with E-state index < -0.39 is 0 Å². The third-order valence-electron chi connectivity index (χ3n) is 4.38. The maximum absolute atomic E-state index is 12.5. The Morgan fingerprint density at radius 1 is 1.29 bits per heavy atom. The van der Waals surface area contributed by atoms with Gasteiger partial charge >= 0.3 is 0 Å². The normalized spacial score (nSPS) is 21.7. The van der Waals surface area contributed by atoms with Gasteiger partial charge in [-0.05, 0) is 37.3 Å². The predicted octanol–water partition coefficient (Wildman–Crippen LogP) is 2.92. The summed E-state index contributed by atoms with van der Waals surface area (Å²) in [6, 6.07) is 10.5. The van der Waals surface area contributed by atoms with E-state index in [0.717, 1.165) is 19.3 Å². The van der Waals surface area contributed by atoms with Gasteiger partial charge in [0, 0.05) is 11.5 Å². The second kappa shape index (κ2) is 7.81. The van der Waals surface area contributed by atoms with Crippen molar-refractivity contribution in [3.05, 3.63) is 35.9 Å². The van der Waals surface area contributed by atoms with Gasteiger partial charge in [0.15, 0.2) is 0 Å². The van der Waals surface area contributed by atoms with Gasteiger partial charge in [0.2, 0.25) is 5.91 Å². The smallest absolute Gasteiger partial charge is 0.226 e. The van der Waals surface area contributed by atoms with E-state index in [1.165, 1.54) is 12.0 Å². The molecule has 0 saturated heterocycles. The van der Waals surface area contributed by atoms with Crippen molar-refractivity contribution in [1.29, 1.82) is 0 Å². The molecule has 2 unspecified atom stereocenters. The molecule has 3 nitrogen and oxygen atoms in total. The Morgan fingerprint density at radius 3 is 2.57 bits per heavy atom. The molecule has 0 spiro atoms. The summed E-state index contributed by atoms with van der Waals surface area (Å²) in [6.07, 6.45) is 4.14. The molecule has 0 radical (unpaired) electrons. The number of benzene rings is 1. The molecule has 4 heteroatoms. The second-order valence-corrected chi connectivity index (χ2v) is 6.55. The summed E-state index contributed by atoms with van der Waals surface area (Å²) in [5.74, 6) is 0.596. The minimum Gasteiger partial charge on any atom is -0.353 e. The first kappa shape index (κ1) is 18.0. The van der Waals surface area contributed by atoms with Crippen LogP contribution in [0.2, 0.25) is 0 Å². The average molecular weight is 311 g/mol. The number of amides is 1. The molecule has 1 aromatic carbocycles. The van der Waals surface area contributed by atoms with Gasteiger partial charge in [-0.1, -0.05) is 50.6 Å². The summed E-state index contributed by atoms with van der Waals surface area (Å²) in [5, 5.41) is 3.22. The topological polar surface area (TPSA) is 55.1 Å². The molecule has 0 aromatic heterocycles. The molecule has 0 aliphatic heterocycles. The number of nitrogens with two attached hydrogens (primary N) is 1. The lowest BCUT2D eigenvalue weighted by Gasteiger charge is -2.28. The van der Waals surface area contributed by atoms with Crippen LogP contribution in [-0.4, -0.2) is 18.5 Å². The third kappa shape index (κ3) is 4.72. The van der Waals surface area contributed by atoms with Crippen LogP contribution in [0.15, 0.2) is 30.3 Å². The molecule has 1 saturated carbocycles. The van der Waals surface area contributed by atoms with Crippen molar-refractivity contribution in [2.24, 2.45) is 17.1 Å². The molecule has 3 N–H and O–H groups in total. The van der Waals surface area contributed by atoms with Gasteiger partial charge in [-0.2, -0.15) is 0 Å². The summed E-state index contributed by atoms with van der Waals surface area (Å²) in [7, 11) is 0. The van der Waals surface area contributed by atoms with Crippen molar-refractivity contribution in [2.45, 2.75) is 45.6 Å². The van der Waals surface area contributed by atoms with E-state index in [1.807, 2.05) is 32.0 Å². The summed E-state index contributed by atoms with van der Waals surface area (Å²) in [6.45, 7) is 4.70. The minimum atomic E-state index is -0.386. The maximum atomic E-state index is 12.5. The molecule has 118 valence electrons. The number of nitrogens with one attached hydrogen (secondary N) is 1. The summed E-state index contributed by atoms with van der Waals surface area (Å²) in [5.41, 5.74) is 6.60. The van der Waals surface area contributed by atoms with Crippen molar-refractivity contribution in [1.82, 2.24) is 5.32 Å². The molecule has 1 amide bonds. The van der Waals surface area contributed by atoms with Crippen LogP contribution in [-0.2, 0) is 11.2 Å². The standard InChI is InChI=1S/C17H26N2O.ClH/c1-17(2,11-13-7-4-3-5-8-13)16(20)19-15-10-6-9-14(15)12-18;/h3-5,7-8,14-15H,6,9-12,18H2,1-2H3,(H,19,20);1H. The van der Waals surface area contributed by atoms with Gasteiger partial charge in [0.05, 0.1) is 0 Å². The summed E-state index contributed by atoms with van der Waals surface area (Å²) >= 11 is 0. The third-order valence-corrected chi connectivity index (χ3v) is 4.38. The van der Waals surface area contributed by atoms with Crippen LogP contribution < -0.4 is 11.1 Å². The molecule has 2 atom stereocenters. The van der Waals surface area contributed by atoms with Crippen LogP contribution in [0, 0.1) is 11.3 Å². The van der Waals surface area contributed by atoms with Crippen LogP contribution in [0.25, 0.3) is 0 Å². The zero-order valence-corrected chi connectivity index (χ0v) is 13.8. The Hall–Kier alpha value is -1.06. The molecular weight excluding hydrogens is 284 g/mol. The maximum Gasteiger partial charge on any atom is 0.226 e. The first-order valence-corrected chi connectivity index (χ1v) is 7.58. The van der Waals surface area contributed by atoms with E-state index in [0.29, 0.717) is 12.5 Å². The Kier molecular flexibility index (Phi) is 6.69. The molecule has 21 heavy (non-hydrogen) atoms. The van der Waals surface area contributed by atoms with Crippen molar-refractivity contribution >= 4 is 18.3 Å². The van der Waals surface area contributed by atoms with E-state index in [1.54, 1.807) is 0 Å². The Bertz CT molecular complexity index is 447. The van der Waals surface area contributed by atoms with Gasteiger partial charge in [-0.15, -0.1) is 12.4 Å². The first-order valence-electron chi connectivity index (χ1n) is 7.58. The highest BCUT2D eigenvalue weighted by Crippen LogP contribution is 2.27. The van der Waals surface area contributed by atoms with Crippen LogP contribution in [0.3, 0.4) is 0 Å². The SMILES string of the molecule is CC(C)(Cc1ccccc1)C(=O)NC1CCCC1CN.Cl. The Morgan fingerprint density at radius 2 is 1.95 bits per heavy atom. The lowest BCUT2D eigenvalue weighted by molar-refractivity contribution is -0.130. The van der Waals surface area contributed by atoms with E-state index in [2.05, 4.69) is 17.4 Å². The molecule has 1 aliphatic carbocycles. The van der Waals surface area contributed by atoms with Crippen molar-refractivity contribution in [2.75, 3.05) is 6.54 Å². The monoisotopic (exact) mass is 310 g/mol. The number of hydrogen-bond donors (Lipinski definition) is 2. The number of carbonyl (C=O) groups excluding carboxylic acids is 1. The second-order valence-electron chi connectivity index (χ2n) is 6.55. The first-order chi connectivity index (χ1) is 9.53. The highest BCUT2D eigenvalue weighted by atomic mass is 35.5. The number of rotatable bonds is 5. The highest BCUT2D eigenvalue weighted by molar-refractivity contribution is 5.85. The lowest BCUT2D eigenvalue weighted by Crippen LogP contribution is -2.46. The van der Waals surface area contributed by atoms with Gasteiger partial charge in [0.25, 0.3) is 0 Å². The van der Waals surface area contributed by atoms with E-state index in [4.69, 9.17) is 5.73 Å². The van der Waals surface area contributed by atoms with Crippen LogP contribution in [0.1, 0.15) is 38.7 Å². The quantitative estimate of drug-likeness (QED) is 0.878. The van der Waals surface area contributed by atoms with Gasteiger partial charge < -0.3 is 11.1 Å². The molecule has 0 heterocycles. The number of hydrogen-bond acceptors (Lipinski definition) is 2. The van der Waals surface area contributed by atoms with Crippen LogP contribution >= 0.6 is 12.4 Å². The molecule has 1 aromatic rings. The molecule has 1 aliphatic rings. The molecule has 2 rings (SSSR count). The van der Waals surface area contributed by atoms with Crippen molar-refractivity contribution in [3.8, 4) is 0 Å². The predicted molar refractivity (Wildman–Crippen MR) is 89.5 cm³/mol. The van der Waals surface area contributed by atoms with E-state index in [9.17, 15) is 4.79 Å². The number of carbonyl (C=O) groups is 1. The van der Waals surface area contributed by atoms with Crippen LogP contribution in [0.4, 0.5) is 0 Å². The van der Waals surface area contributed by atoms with Crippen LogP contribution in [0.5, 0.6) is 0 Å². The van der Waals surface area contributed by atoms with E-state index in [-0.39, 0.29) is 29.8 Å². The average Bonchev–Trinajstić information content (AvgIpc) is 2.86. The fourth-order valence-electron chi connectivity index (χ4n) is 3.06. The summed E-state index contributed by atoms with van der Waals surface area (Å²) in [4.78, 5) is 12.5. The number of halogens is 1. The lowest BCUT2D eigenvalue weighted by atomic mass is 9.84.